The monoisotopic (exact) mass is 448 g/mol. The van der Waals surface area contributed by atoms with Gasteiger partial charge in [0.2, 0.25) is 5.91 Å². The molecule has 5 rings (SSSR count). The van der Waals surface area contributed by atoms with Crippen LogP contribution in [-0.2, 0) is 11.8 Å². The van der Waals surface area contributed by atoms with E-state index in [4.69, 9.17) is 4.11 Å². The third-order valence-corrected chi connectivity index (χ3v) is 6.24. The van der Waals surface area contributed by atoms with Crippen LogP contribution in [0.4, 0.5) is 23.0 Å². The Morgan fingerprint density at radius 1 is 1.27 bits per heavy atom. The Hall–Kier alpha value is -3.75. The van der Waals surface area contributed by atoms with Gasteiger partial charge in [-0.15, -0.1) is 0 Å². The third-order valence-electron chi connectivity index (χ3n) is 6.24. The summed E-state index contributed by atoms with van der Waals surface area (Å²) in [6.07, 6.45) is 6.00. The number of Topliss-reactive ketones (excluding diaryl/α,β-unsaturated/α-hetero) is 1. The first-order valence-corrected chi connectivity index (χ1v) is 10.9. The quantitative estimate of drug-likeness (QED) is 0.548. The highest BCUT2D eigenvalue weighted by molar-refractivity contribution is 6.03. The second-order valence-electron chi connectivity index (χ2n) is 8.55. The Morgan fingerprint density at radius 2 is 2.09 bits per heavy atom. The van der Waals surface area contributed by atoms with Crippen molar-refractivity contribution in [3.63, 3.8) is 0 Å². The van der Waals surface area contributed by atoms with Gasteiger partial charge in [-0.1, -0.05) is 6.85 Å². The molecule has 1 aliphatic carbocycles. The minimum absolute atomic E-state index is 0.0217. The Bertz CT molecular complexity index is 1360. The Balaban J connectivity index is 1.56. The van der Waals surface area contributed by atoms with Gasteiger partial charge in [0.1, 0.15) is 5.82 Å². The van der Waals surface area contributed by atoms with Gasteiger partial charge in [-0.3, -0.25) is 14.3 Å². The number of anilines is 4. The number of fused-ring (bicyclic) bond motifs is 3. The summed E-state index contributed by atoms with van der Waals surface area (Å²) in [6.45, 7) is -0.355. The maximum absolute atomic E-state index is 12.9. The topological polar surface area (TPSA) is 105 Å². The summed E-state index contributed by atoms with van der Waals surface area (Å²) in [7, 11) is 3.84. The van der Waals surface area contributed by atoms with E-state index in [-0.39, 0.29) is 29.2 Å². The molecule has 1 saturated carbocycles. The Kier molecular flexibility index (Phi) is 4.30. The minimum Gasteiger partial charge on any atom is -0.364 e. The van der Waals surface area contributed by atoms with Crippen LogP contribution in [0.2, 0.25) is 0 Å². The van der Waals surface area contributed by atoms with E-state index < -0.39 is 19.1 Å². The lowest BCUT2D eigenvalue weighted by Crippen LogP contribution is -2.27. The lowest BCUT2D eigenvalue weighted by Gasteiger charge is -2.34. The van der Waals surface area contributed by atoms with Gasteiger partial charge in [0, 0.05) is 66.3 Å². The Morgan fingerprint density at radius 3 is 2.85 bits per heavy atom. The number of aromatic nitrogens is 4. The zero-order valence-electron chi connectivity index (χ0n) is 21.7. The summed E-state index contributed by atoms with van der Waals surface area (Å²) >= 11 is 0. The molecule has 1 atom stereocenters. The number of nitrogens with one attached hydrogen (secondary N) is 2. The van der Waals surface area contributed by atoms with Gasteiger partial charge in [0.15, 0.2) is 11.6 Å². The van der Waals surface area contributed by atoms with Crippen LogP contribution < -0.4 is 15.5 Å². The predicted molar refractivity (Wildman–Crippen MR) is 127 cm³/mol. The molecule has 3 aromatic rings. The second-order valence-corrected chi connectivity index (χ2v) is 8.55. The van der Waals surface area contributed by atoms with E-state index in [1.54, 1.807) is 16.9 Å². The molecule has 170 valence electrons. The standard InChI is InChI=1S/C24H27N7O2/c1-5-19(32)16-11-26-20(28-24(33)14-6-7-14)10-18(16)27-23-22-15(8-9-25-23)21-17(12-30(3)29-21)13(2)31(22)4/h8-14H,5-7H2,1-4H3,(H2,25,26,27,28,33)/t13-/m0/s1/i1D3. The lowest BCUT2D eigenvalue weighted by atomic mass is 9.96. The number of pyridine rings is 2. The summed E-state index contributed by atoms with van der Waals surface area (Å²) in [5, 5.41) is 10.7. The summed E-state index contributed by atoms with van der Waals surface area (Å²) < 4.78 is 24.3. The molecule has 2 N–H and O–H groups in total. The van der Waals surface area contributed by atoms with E-state index >= 15 is 0 Å². The number of aryl methyl sites for hydroxylation is 1. The first-order chi connectivity index (χ1) is 17.0. The fraction of sp³-hybridized carbons (Fsp3) is 0.375. The van der Waals surface area contributed by atoms with Crippen molar-refractivity contribution in [2.75, 3.05) is 22.6 Å². The van der Waals surface area contributed by atoms with Crippen LogP contribution in [0.25, 0.3) is 11.3 Å². The van der Waals surface area contributed by atoms with Crippen molar-refractivity contribution in [1.29, 1.82) is 0 Å². The van der Waals surface area contributed by atoms with Gasteiger partial charge >= 0.3 is 0 Å². The molecule has 33 heavy (non-hydrogen) atoms. The molecule has 0 radical (unpaired) electrons. The molecule has 1 aliphatic heterocycles. The van der Waals surface area contributed by atoms with Crippen molar-refractivity contribution < 1.29 is 13.7 Å². The molecule has 0 bridgehead atoms. The molecule has 4 heterocycles. The van der Waals surface area contributed by atoms with Gasteiger partial charge in [-0.25, -0.2) is 9.97 Å². The number of hydrogen-bond donors (Lipinski definition) is 2. The summed E-state index contributed by atoms with van der Waals surface area (Å²) in [5.74, 6) is 0.0285. The maximum atomic E-state index is 12.9. The molecule has 0 aromatic carbocycles. The summed E-state index contributed by atoms with van der Waals surface area (Å²) in [6, 6.07) is 3.46. The van der Waals surface area contributed by atoms with E-state index in [0.29, 0.717) is 11.5 Å². The van der Waals surface area contributed by atoms with Crippen LogP contribution in [0.1, 0.15) is 59.1 Å². The normalized spacial score (nSPS) is 18.5. The van der Waals surface area contributed by atoms with Crippen LogP contribution in [-0.4, -0.2) is 38.5 Å². The van der Waals surface area contributed by atoms with E-state index in [1.807, 2.05) is 26.4 Å². The highest BCUT2D eigenvalue weighted by Crippen LogP contribution is 2.46. The highest BCUT2D eigenvalue weighted by Gasteiger charge is 2.32. The average Bonchev–Trinajstić information content (AvgIpc) is 3.58. The van der Waals surface area contributed by atoms with Crippen LogP contribution in [0, 0.1) is 5.92 Å². The molecular weight excluding hydrogens is 418 g/mol. The maximum Gasteiger partial charge on any atom is 0.228 e. The first-order valence-electron chi connectivity index (χ1n) is 12.4. The van der Waals surface area contributed by atoms with Crippen molar-refractivity contribution in [3.8, 4) is 11.3 Å². The molecule has 0 spiro atoms. The van der Waals surface area contributed by atoms with Gasteiger partial charge in [-0.2, -0.15) is 5.10 Å². The van der Waals surface area contributed by atoms with Crippen molar-refractivity contribution in [2.45, 2.75) is 39.1 Å². The SMILES string of the molecule is [2H]C([2H])([2H])CC(=O)c1cnc(NC(=O)C2CC2)cc1Nc1nccc2c1N(C)[C@@H](C)c1cn(C)nc1-2. The molecule has 0 unspecified atom stereocenters. The number of carbonyl (C=O) groups excluding carboxylic acids is 2. The number of nitrogens with zero attached hydrogens (tertiary/aromatic N) is 5. The van der Waals surface area contributed by atoms with Crippen molar-refractivity contribution in [1.82, 2.24) is 19.7 Å². The van der Waals surface area contributed by atoms with E-state index in [2.05, 4.69) is 37.5 Å². The fourth-order valence-corrected chi connectivity index (χ4v) is 4.16. The third kappa shape index (κ3) is 3.73. The zero-order chi connectivity index (χ0) is 25.8. The van der Waals surface area contributed by atoms with E-state index in [0.717, 1.165) is 35.3 Å². The highest BCUT2D eigenvalue weighted by atomic mass is 16.2. The van der Waals surface area contributed by atoms with Crippen molar-refractivity contribution >= 4 is 34.7 Å². The number of carbonyl (C=O) groups is 2. The number of ketones is 1. The number of hydrogen-bond acceptors (Lipinski definition) is 7. The molecule has 9 nitrogen and oxygen atoms in total. The van der Waals surface area contributed by atoms with Crippen molar-refractivity contribution in [3.05, 3.63) is 41.9 Å². The molecular formula is C24H27N7O2. The van der Waals surface area contributed by atoms with Crippen molar-refractivity contribution in [2.24, 2.45) is 13.0 Å². The zero-order valence-corrected chi connectivity index (χ0v) is 18.7. The minimum atomic E-state index is -2.43. The fourth-order valence-electron chi connectivity index (χ4n) is 4.16. The predicted octanol–water partition coefficient (Wildman–Crippen LogP) is 4.07. The van der Waals surface area contributed by atoms with Gasteiger partial charge < -0.3 is 15.5 Å². The van der Waals surface area contributed by atoms with Crippen LogP contribution in [0.15, 0.2) is 30.7 Å². The smallest absolute Gasteiger partial charge is 0.228 e. The van der Waals surface area contributed by atoms with Gasteiger partial charge in [0.05, 0.1) is 28.7 Å². The number of rotatable bonds is 6. The molecule has 2 aliphatic rings. The van der Waals surface area contributed by atoms with Crippen LogP contribution >= 0.6 is 0 Å². The molecule has 1 amide bonds. The molecule has 3 aromatic heterocycles. The van der Waals surface area contributed by atoms with Gasteiger partial charge in [0.25, 0.3) is 0 Å². The summed E-state index contributed by atoms with van der Waals surface area (Å²) in [4.78, 5) is 36.0. The summed E-state index contributed by atoms with van der Waals surface area (Å²) in [5.41, 5.74) is 4.06. The second kappa shape index (κ2) is 7.99. The van der Waals surface area contributed by atoms with E-state index in [9.17, 15) is 9.59 Å². The van der Waals surface area contributed by atoms with Gasteiger partial charge in [-0.05, 0) is 25.8 Å². The van der Waals surface area contributed by atoms with Crippen LogP contribution in [0.3, 0.4) is 0 Å². The lowest BCUT2D eigenvalue weighted by molar-refractivity contribution is -0.117. The largest absolute Gasteiger partial charge is 0.364 e. The first kappa shape index (κ1) is 17.8. The van der Waals surface area contributed by atoms with Crippen LogP contribution in [0.5, 0.6) is 0 Å². The molecule has 0 saturated heterocycles. The average molecular weight is 449 g/mol. The van der Waals surface area contributed by atoms with E-state index in [1.165, 1.54) is 6.20 Å². The molecule has 9 heteroatoms. The molecule has 1 fully saturated rings. The Labute approximate surface area is 196 Å². The number of amides is 1.